The lowest BCUT2D eigenvalue weighted by Crippen LogP contribution is -2.40. The van der Waals surface area contributed by atoms with Crippen LogP contribution in [0.15, 0.2) is 86.5 Å². The number of ether oxygens (including phenoxy) is 3. The second-order valence-electron chi connectivity index (χ2n) is 8.81. The van der Waals surface area contributed by atoms with Crippen LogP contribution in [0.25, 0.3) is 11.3 Å². The normalized spacial score (nSPS) is 16.2. The first-order valence-corrected chi connectivity index (χ1v) is 15.1. The maximum Gasteiger partial charge on any atom is 0.243 e. The van der Waals surface area contributed by atoms with E-state index in [2.05, 4.69) is 38.0 Å². The van der Waals surface area contributed by atoms with Gasteiger partial charge in [0, 0.05) is 22.9 Å². The Labute approximate surface area is 232 Å². The molecule has 0 amide bonds. The lowest BCUT2D eigenvalue weighted by molar-refractivity contribution is 0.0730. The van der Waals surface area contributed by atoms with Crippen molar-refractivity contribution in [1.29, 1.82) is 0 Å². The lowest BCUT2D eigenvalue weighted by atomic mass is 10.1. The smallest absolute Gasteiger partial charge is 0.243 e. The maximum atomic E-state index is 13.0. The number of aromatic nitrogens is 1. The van der Waals surface area contributed by atoms with Crippen LogP contribution in [0.1, 0.15) is 5.56 Å². The highest BCUT2D eigenvalue weighted by molar-refractivity contribution is 9.10. The fourth-order valence-corrected chi connectivity index (χ4v) is 6.98. The van der Waals surface area contributed by atoms with Gasteiger partial charge in [0.25, 0.3) is 0 Å². The molecule has 8 nitrogen and oxygen atoms in total. The van der Waals surface area contributed by atoms with Gasteiger partial charge >= 0.3 is 0 Å². The summed E-state index contributed by atoms with van der Waals surface area (Å²) in [4.78, 5) is 5.95. The number of morpholine rings is 1. The second kappa shape index (κ2) is 10.7. The van der Waals surface area contributed by atoms with Crippen molar-refractivity contribution in [2.75, 3.05) is 33.1 Å². The molecule has 2 aliphatic rings. The van der Waals surface area contributed by atoms with E-state index in [9.17, 15) is 8.42 Å². The van der Waals surface area contributed by atoms with Gasteiger partial charge < -0.3 is 18.8 Å². The van der Waals surface area contributed by atoms with Crippen molar-refractivity contribution in [1.82, 2.24) is 8.87 Å². The third-order valence-electron chi connectivity index (χ3n) is 6.38. The molecule has 1 saturated heterocycles. The molecule has 1 aromatic heterocycles. The minimum atomic E-state index is -3.56. The van der Waals surface area contributed by atoms with E-state index in [-0.39, 0.29) is 11.7 Å². The number of sulfonamides is 1. The van der Waals surface area contributed by atoms with E-state index in [0.29, 0.717) is 38.5 Å². The topological polar surface area (TPSA) is 82.4 Å². The number of nitrogens with zero attached hydrogens (tertiary/aromatic N) is 3. The molecule has 38 heavy (non-hydrogen) atoms. The molecule has 3 aromatic carbocycles. The number of thiazole rings is 1. The zero-order valence-electron chi connectivity index (χ0n) is 20.2. The molecule has 0 spiro atoms. The lowest BCUT2D eigenvalue weighted by Gasteiger charge is -2.26. The van der Waals surface area contributed by atoms with Gasteiger partial charge in [0.1, 0.15) is 0 Å². The van der Waals surface area contributed by atoms with Gasteiger partial charge in [-0.3, -0.25) is 0 Å². The molecule has 2 aliphatic heterocycles. The van der Waals surface area contributed by atoms with Gasteiger partial charge in [-0.1, -0.05) is 34.1 Å². The van der Waals surface area contributed by atoms with Crippen LogP contribution in [0.5, 0.6) is 11.5 Å². The fraction of sp³-hybridized carbons (Fsp3) is 0.222. The Morgan fingerprint density at radius 2 is 1.66 bits per heavy atom. The minimum absolute atomic E-state index is 0.229. The molecule has 0 saturated carbocycles. The van der Waals surface area contributed by atoms with Crippen LogP contribution in [0.2, 0.25) is 0 Å². The molecule has 0 unspecified atom stereocenters. The van der Waals surface area contributed by atoms with Crippen molar-refractivity contribution in [3.05, 3.63) is 86.9 Å². The molecule has 0 atom stereocenters. The summed E-state index contributed by atoms with van der Waals surface area (Å²) in [5, 5.41) is 2.09. The van der Waals surface area contributed by atoms with E-state index in [0.717, 1.165) is 37.6 Å². The first kappa shape index (κ1) is 25.3. The van der Waals surface area contributed by atoms with Crippen LogP contribution < -0.4 is 14.3 Å². The molecular weight excluding hydrogens is 590 g/mol. The molecular formula is C27H24BrN3O5S2. The average Bonchev–Trinajstić information content (AvgIpc) is 3.57. The van der Waals surface area contributed by atoms with E-state index in [4.69, 9.17) is 19.2 Å². The summed E-state index contributed by atoms with van der Waals surface area (Å²) >= 11 is 5.05. The molecule has 3 heterocycles. The van der Waals surface area contributed by atoms with Crippen molar-refractivity contribution in [3.63, 3.8) is 0 Å². The highest BCUT2D eigenvalue weighted by atomic mass is 79.9. The third-order valence-corrected chi connectivity index (χ3v) is 9.69. The molecule has 4 aromatic rings. The molecule has 0 bridgehead atoms. The van der Waals surface area contributed by atoms with Gasteiger partial charge in [-0.15, -0.1) is 11.3 Å². The van der Waals surface area contributed by atoms with Crippen molar-refractivity contribution in [2.24, 2.45) is 4.99 Å². The quantitative estimate of drug-likeness (QED) is 0.305. The SMILES string of the molecule is O=S(=O)(c1ccc(N=c2scc(-c3ccc(Br)cc3)n2Cc2ccc3c(c2)OCO3)cc1)N1CCOCC1. The summed E-state index contributed by atoms with van der Waals surface area (Å²) < 4.78 is 47.0. The Morgan fingerprint density at radius 3 is 2.42 bits per heavy atom. The average molecular weight is 615 g/mol. The van der Waals surface area contributed by atoms with Gasteiger partial charge in [0.15, 0.2) is 16.3 Å². The largest absolute Gasteiger partial charge is 0.454 e. The number of fused-ring (bicyclic) bond motifs is 1. The summed E-state index contributed by atoms with van der Waals surface area (Å²) in [5.41, 5.74) is 3.83. The summed E-state index contributed by atoms with van der Waals surface area (Å²) in [6.45, 7) is 2.36. The predicted octanol–water partition coefficient (Wildman–Crippen LogP) is 5.01. The van der Waals surface area contributed by atoms with Crippen LogP contribution in [-0.4, -0.2) is 50.4 Å². The molecule has 0 radical (unpaired) electrons. The Bertz CT molecular complexity index is 1620. The molecule has 6 rings (SSSR count). The van der Waals surface area contributed by atoms with Gasteiger partial charge in [0.2, 0.25) is 16.8 Å². The molecule has 1 fully saturated rings. The zero-order chi connectivity index (χ0) is 26.1. The third kappa shape index (κ3) is 5.16. The zero-order valence-corrected chi connectivity index (χ0v) is 23.5. The summed E-state index contributed by atoms with van der Waals surface area (Å²) in [5.74, 6) is 1.48. The van der Waals surface area contributed by atoms with Crippen LogP contribution in [0.4, 0.5) is 5.69 Å². The number of rotatable bonds is 6. The van der Waals surface area contributed by atoms with E-state index >= 15 is 0 Å². The number of hydrogen-bond acceptors (Lipinski definition) is 7. The Balaban J connectivity index is 1.36. The van der Waals surface area contributed by atoms with Crippen molar-refractivity contribution >= 4 is 43.0 Å². The van der Waals surface area contributed by atoms with Gasteiger partial charge in [0.05, 0.1) is 36.0 Å². The highest BCUT2D eigenvalue weighted by Crippen LogP contribution is 2.33. The first-order valence-electron chi connectivity index (χ1n) is 12.0. The number of halogens is 1. The summed E-state index contributed by atoms with van der Waals surface area (Å²) in [7, 11) is -3.56. The van der Waals surface area contributed by atoms with Crippen LogP contribution in [0.3, 0.4) is 0 Å². The Kier molecular flexibility index (Phi) is 7.10. The van der Waals surface area contributed by atoms with Crippen LogP contribution >= 0.6 is 27.3 Å². The minimum Gasteiger partial charge on any atom is -0.454 e. The predicted molar refractivity (Wildman–Crippen MR) is 148 cm³/mol. The standard InChI is InChI=1S/C27H24BrN3O5S2/c28-21-4-2-20(3-5-21)24-17-37-27(31(24)16-19-1-10-25-26(15-19)36-18-35-25)29-22-6-8-23(9-7-22)38(32,33)30-11-13-34-14-12-30/h1-10,15,17H,11-14,16,18H2. The van der Waals surface area contributed by atoms with E-state index in [1.165, 1.54) is 15.6 Å². The van der Waals surface area contributed by atoms with E-state index < -0.39 is 10.0 Å². The van der Waals surface area contributed by atoms with Crippen LogP contribution in [0, 0.1) is 0 Å². The maximum absolute atomic E-state index is 13.0. The number of benzene rings is 3. The number of hydrogen-bond donors (Lipinski definition) is 0. The molecule has 0 aliphatic carbocycles. The Morgan fingerprint density at radius 1 is 0.921 bits per heavy atom. The second-order valence-corrected chi connectivity index (χ2v) is 12.5. The highest BCUT2D eigenvalue weighted by Gasteiger charge is 2.26. The van der Waals surface area contributed by atoms with E-state index in [1.807, 2.05) is 30.3 Å². The summed E-state index contributed by atoms with van der Waals surface area (Å²) in [6.07, 6.45) is 0. The van der Waals surface area contributed by atoms with Crippen molar-refractivity contribution in [3.8, 4) is 22.8 Å². The van der Waals surface area contributed by atoms with Gasteiger partial charge in [-0.05, 0) is 59.7 Å². The van der Waals surface area contributed by atoms with Gasteiger partial charge in [-0.25, -0.2) is 13.4 Å². The van der Waals surface area contributed by atoms with E-state index in [1.54, 1.807) is 24.3 Å². The molecule has 11 heteroatoms. The summed E-state index contributed by atoms with van der Waals surface area (Å²) in [6, 6.07) is 20.8. The first-order chi connectivity index (χ1) is 18.5. The molecule has 196 valence electrons. The fourth-order valence-electron chi connectivity index (χ4n) is 4.38. The monoisotopic (exact) mass is 613 g/mol. The van der Waals surface area contributed by atoms with Crippen molar-refractivity contribution < 1.29 is 22.6 Å². The molecule has 0 N–H and O–H groups in total. The van der Waals surface area contributed by atoms with Crippen molar-refractivity contribution in [2.45, 2.75) is 11.4 Å². The van der Waals surface area contributed by atoms with Gasteiger partial charge in [-0.2, -0.15) is 4.31 Å². The Hall–Kier alpha value is -2.96. The van der Waals surface area contributed by atoms with Crippen LogP contribution in [-0.2, 0) is 21.3 Å².